The van der Waals surface area contributed by atoms with Crippen LogP contribution >= 0.6 is 0 Å². The number of amides is 1. The van der Waals surface area contributed by atoms with Crippen LogP contribution in [-0.4, -0.2) is 58.2 Å². The van der Waals surface area contributed by atoms with Crippen molar-refractivity contribution in [1.82, 2.24) is 19.9 Å². The second-order valence-electron chi connectivity index (χ2n) is 8.76. The molecule has 2 atom stereocenters. The molecule has 1 aromatic carbocycles. The van der Waals surface area contributed by atoms with E-state index in [1.807, 2.05) is 65.5 Å². The summed E-state index contributed by atoms with van der Waals surface area (Å²) < 4.78 is 0. The molecule has 7 heteroatoms. The molecular weight excluding hydrogens is 388 g/mol. The van der Waals surface area contributed by atoms with Crippen molar-refractivity contribution in [3.05, 3.63) is 66.0 Å². The maximum atomic E-state index is 14.1. The minimum Gasteiger partial charge on any atom is -0.337 e. The molecule has 0 aliphatic carbocycles. The minimum absolute atomic E-state index is 0.0243. The topological polar surface area (TPSA) is 64.4 Å². The van der Waals surface area contributed by atoms with Crippen LogP contribution in [0.15, 0.2) is 65.3 Å². The van der Waals surface area contributed by atoms with Crippen molar-refractivity contribution in [3.63, 3.8) is 0 Å². The summed E-state index contributed by atoms with van der Waals surface area (Å²) in [6.07, 6.45) is 4.26. The summed E-state index contributed by atoms with van der Waals surface area (Å²) in [5.41, 5.74) is 2.07. The summed E-state index contributed by atoms with van der Waals surface area (Å²) in [5, 5.41) is 12.1. The van der Waals surface area contributed by atoms with Crippen LogP contribution < -0.4 is 0 Å². The third kappa shape index (κ3) is 5.03. The number of carbonyl (C=O) groups is 1. The van der Waals surface area contributed by atoms with Gasteiger partial charge in [0.15, 0.2) is 0 Å². The third-order valence-electron chi connectivity index (χ3n) is 5.96. The second-order valence-corrected chi connectivity index (χ2v) is 8.76. The van der Waals surface area contributed by atoms with E-state index in [0.29, 0.717) is 6.42 Å². The van der Waals surface area contributed by atoms with E-state index in [-0.39, 0.29) is 36.0 Å². The molecule has 1 aromatic heterocycles. The smallest absolute Gasteiger partial charge is 0.231 e. The number of carbonyl (C=O) groups excluding carboxylic acids is 1. The standard InChI is InChI=1S/C24H34N6O/c1-17(2)30(18(3)4)24(31)23(20-13-10-14-25-16-20)21(19-11-8-7-9-12-19)15-22-28(5)26-27-29(22)6/h7-14,16-18,21-23H,15H2,1-6H3. The summed E-state index contributed by atoms with van der Waals surface area (Å²) in [6.45, 7) is 8.30. The first-order chi connectivity index (χ1) is 14.8. The Labute approximate surface area is 185 Å². The van der Waals surface area contributed by atoms with Crippen molar-refractivity contribution in [2.75, 3.05) is 14.1 Å². The Hall–Kier alpha value is -2.96. The van der Waals surface area contributed by atoms with Gasteiger partial charge in [-0.3, -0.25) is 19.8 Å². The number of hydrogen-bond donors (Lipinski definition) is 0. The molecule has 31 heavy (non-hydrogen) atoms. The highest BCUT2D eigenvalue weighted by Gasteiger charge is 2.39. The molecule has 1 amide bonds. The van der Waals surface area contributed by atoms with Gasteiger partial charge in [-0.15, -0.1) is 0 Å². The van der Waals surface area contributed by atoms with E-state index in [4.69, 9.17) is 0 Å². The van der Waals surface area contributed by atoms with Crippen LogP contribution in [0.2, 0.25) is 0 Å². The van der Waals surface area contributed by atoms with Gasteiger partial charge in [0.25, 0.3) is 0 Å². The van der Waals surface area contributed by atoms with Crippen molar-refractivity contribution in [1.29, 1.82) is 0 Å². The van der Waals surface area contributed by atoms with Crippen LogP contribution in [0.1, 0.15) is 57.1 Å². The SMILES string of the molecule is CC(C)N(C(=O)C(c1cccnc1)C(CC1N(C)N=NN1C)c1ccccc1)C(C)C. The van der Waals surface area contributed by atoms with Crippen LogP contribution in [0.3, 0.4) is 0 Å². The van der Waals surface area contributed by atoms with Crippen LogP contribution in [0.5, 0.6) is 0 Å². The van der Waals surface area contributed by atoms with E-state index in [1.54, 1.807) is 6.20 Å². The second kappa shape index (κ2) is 9.90. The Bertz CT molecular complexity index is 850. The first-order valence-corrected chi connectivity index (χ1v) is 11.0. The molecule has 0 bridgehead atoms. The van der Waals surface area contributed by atoms with Gasteiger partial charge >= 0.3 is 0 Å². The summed E-state index contributed by atoms with van der Waals surface area (Å²) >= 11 is 0. The number of benzene rings is 1. The molecule has 1 aliphatic heterocycles. The summed E-state index contributed by atoms with van der Waals surface area (Å²) in [6, 6.07) is 14.4. The van der Waals surface area contributed by atoms with Crippen molar-refractivity contribution in [3.8, 4) is 0 Å². The zero-order valence-corrected chi connectivity index (χ0v) is 19.4. The van der Waals surface area contributed by atoms with E-state index in [2.05, 4.69) is 55.3 Å². The maximum Gasteiger partial charge on any atom is 0.231 e. The summed E-state index contributed by atoms with van der Waals surface area (Å²) in [7, 11) is 3.85. The molecule has 166 valence electrons. The van der Waals surface area contributed by atoms with Crippen LogP contribution in [0, 0.1) is 0 Å². The number of aromatic nitrogens is 1. The van der Waals surface area contributed by atoms with Gasteiger partial charge in [-0.1, -0.05) is 46.8 Å². The fourth-order valence-electron chi connectivity index (χ4n) is 4.56. The molecule has 2 heterocycles. The third-order valence-corrected chi connectivity index (χ3v) is 5.96. The van der Waals surface area contributed by atoms with E-state index >= 15 is 0 Å². The van der Waals surface area contributed by atoms with Crippen LogP contribution in [0.25, 0.3) is 0 Å². The van der Waals surface area contributed by atoms with Gasteiger partial charge in [0.05, 0.1) is 5.92 Å². The van der Waals surface area contributed by atoms with E-state index < -0.39 is 0 Å². The Morgan fingerprint density at radius 1 is 0.935 bits per heavy atom. The maximum absolute atomic E-state index is 14.1. The van der Waals surface area contributed by atoms with Gasteiger partial charge in [0, 0.05) is 44.5 Å². The Morgan fingerprint density at radius 3 is 2.03 bits per heavy atom. The molecular formula is C24H34N6O. The van der Waals surface area contributed by atoms with Gasteiger partial charge < -0.3 is 4.90 Å². The molecule has 2 unspecified atom stereocenters. The Kier molecular flexibility index (Phi) is 7.25. The average molecular weight is 423 g/mol. The monoisotopic (exact) mass is 422 g/mol. The van der Waals surface area contributed by atoms with Gasteiger partial charge in [-0.25, -0.2) is 0 Å². The molecule has 7 nitrogen and oxygen atoms in total. The van der Waals surface area contributed by atoms with Gasteiger partial charge in [-0.2, -0.15) is 0 Å². The van der Waals surface area contributed by atoms with Gasteiger partial charge in [0.1, 0.15) is 6.17 Å². The average Bonchev–Trinajstić information content (AvgIpc) is 3.06. The molecule has 1 aliphatic rings. The molecule has 0 saturated carbocycles. The fourth-order valence-corrected chi connectivity index (χ4v) is 4.56. The van der Waals surface area contributed by atoms with E-state index in [1.165, 1.54) is 0 Å². The van der Waals surface area contributed by atoms with Crippen molar-refractivity contribution >= 4 is 5.91 Å². The number of pyridine rings is 1. The quantitative estimate of drug-likeness (QED) is 0.630. The normalized spacial score (nSPS) is 16.3. The lowest BCUT2D eigenvalue weighted by Gasteiger charge is -2.38. The molecule has 3 rings (SSSR count). The Morgan fingerprint density at radius 2 is 1.52 bits per heavy atom. The lowest BCUT2D eigenvalue weighted by molar-refractivity contribution is -0.137. The van der Waals surface area contributed by atoms with Gasteiger partial charge in [-0.05, 0) is 51.3 Å². The lowest BCUT2D eigenvalue weighted by Crippen LogP contribution is -2.46. The first kappa shape index (κ1) is 22.7. The highest BCUT2D eigenvalue weighted by Crippen LogP contribution is 2.40. The highest BCUT2D eigenvalue weighted by atomic mass is 16.2. The number of rotatable bonds is 8. The van der Waals surface area contributed by atoms with E-state index in [9.17, 15) is 4.79 Å². The van der Waals surface area contributed by atoms with Crippen molar-refractivity contribution < 1.29 is 4.79 Å². The zero-order chi connectivity index (χ0) is 22.5. The van der Waals surface area contributed by atoms with Crippen LogP contribution in [0.4, 0.5) is 0 Å². The first-order valence-electron chi connectivity index (χ1n) is 11.0. The molecule has 0 fully saturated rings. The van der Waals surface area contributed by atoms with Gasteiger partial charge in [0.2, 0.25) is 5.91 Å². The zero-order valence-electron chi connectivity index (χ0n) is 19.4. The summed E-state index contributed by atoms with van der Waals surface area (Å²) in [4.78, 5) is 20.4. The predicted octanol–water partition coefficient (Wildman–Crippen LogP) is 4.47. The van der Waals surface area contributed by atoms with Crippen molar-refractivity contribution in [2.24, 2.45) is 10.4 Å². The minimum atomic E-state index is -0.358. The number of hydrogen-bond acceptors (Lipinski definition) is 6. The van der Waals surface area contributed by atoms with Crippen LogP contribution in [-0.2, 0) is 4.79 Å². The molecule has 0 N–H and O–H groups in total. The molecule has 0 radical (unpaired) electrons. The highest BCUT2D eigenvalue weighted by molar-refractivity contribution is 5.85. The number of nitrogens with zero attached hydrogens (tertiary/aromatic N) is 6. The summed E-state index contributed by atoms with van der Waals surface area (Å²) in [5.74, 6) is -0.288. The van der Waals surface area contributed by atoms with Crippen molar-refractivity contribution in [2.45, 2.75) is 64.2 Å². The Balaban J connectivity index is 2.10. The van der Waals surface area contributed by atoms with E-state index in [0.717, 1.165) is 11.1 Å². The molecule has 2 aromatic rings. The lowest BCUT2D eigenvalue weighted by atomic mass is 9.78. The largest absolute Gasteiger partial charge is 0.337 e. The molecule has 0 saturated heterocycles. The fraction of sp³-hybridized carbons (Fsp3) is 0.500. The molecule has 0 spiro atoms. The predicted molar refractivity (Wildman–Crippen MR) is 122 cm³/mol.